The molecule has 0 aliphatic heterocycles. The predicted octanol–water partition coefficient (Wildman–Crippen LogP) is 14.2. The largest absolute Gasteiger partial charge is 0.309 e. The van der Waals surface area contributed by atoms with Crippen molar-refractivity contribution in [2.24, 2.45) is 0 Å². The van der Waals surface area contributed by atoms with Crippen molar-refractivity contribution in [3.63, 3.8) is 0 Å². The maximum absolute atomic E-state index is 5.13. The third-order valence-corrected chi connectivity index (χ3v) is 13.0. The molecule has 6 nitrogen and oxygen atoms in total. The highest BCUT2D eigenvalue weighted by Crippen LogP contribution is 2.44. The summed E-state index contributed by atoms with van der Waals surface area (Å²) in [5.41, 5.74) is 13.3. The molecule has 5 heterocycles. The molecule has 0 aliphatic rings. The average Bonchev–Trinajstić information content (AvgIpc) is 4.08. The summed E-state index contributed by atoms with van der Waals surface area (Å²) in [7, 11) is 0. The van der Waals surface area contributed by atoms with E-state index in [4.69, 9.17) is 15.0 Å². The summed E-state index contributed by atoms with van der Waals surface area (Å²) >= 11 is 0. The zero-order valence-electron chi connectivity index (χ0n) is 33.8. The second kappa shape index (κ2) is 12.9. The van der Waals surface area contributed by atoms with E-state index in [1.807, 2.05) is 36.4 Å². The first-order valence-corrected chi connectivity index (χ1v) is 21.4. The van der Waals surface area contributed by atoms with Gasteiger partial charge in [0.05, 0.1) is 38.6 Å². The maximum Gasteiger partial charge on any atom is 0.164 e. The standard InChI is InChI=1S/C57H34N6/c1-3-15-35(16-4-1)55-58-56(36-17-5-2-6-18-36)60-57(59-55)37-27-29-52-44(31-37)46-33-39(62-50-25-13-9-21-42(50)43-22-10-14-26-51(43)62)34-47-45-32-38(28-30-53(45)63(52)54(46)47)61-48-23-11-7-19-40(48)41-20-8-12-24-49(41)61/h1-34H. The number of fused-ring (bicyclic) bond motifs is 12. The summed E-state index contributed by atoms with van der Waals surface area (Å²) in [6, 6.07) is 73.8. The minimum absolute atomic E-state index is 0.637. The molecular formula is C57H34N6. The zero-order valence-corrected chi connectivity index (χ0v) is 33.8. The maximum atomic E-state index is 5.13. The van der Waals surface area contributed by atoms with E-state index in [0.717, 1.165) is 39.0 Å². The van der Waals surface area contributed by atoms with E-state index in [1.54, 1.807) is 0 Å². The Morgan fingerprint density at radius 1 is 0.254 bits per heavy atom. The van der Waals surface area contributed by atoms with E-state index in [2.05, 4.69) is 183 Å². The SMILES string of the molecule is c1ccc(-c2nc(-c3ccccc3)nc(-c3ccc4c(c3)c3cc(-n5c6ccccc6c6ccccc65)cc5c6cc(-n7c8ccccc8c8ccccc87)ccc6n4c35)n2)cc1. The Hall–Kier alpha value is -8.61. The van der Waals surface area contributed by atoms with Gasteiger partial charge in [-0.15, -0.1) is 0 Å². The molecule has 6 heteroatoms. The van der Waals surface area contributed by atoms with E-state index in [0.29, 0.717) is 17.5 Å². The normalized spacial score (nSPS) is 12.1. The molecule has 63 heavy (non-hydrogen) atoms. The zero-order chi connectivity index (χ0) is 41.2. The van der Waals surface area contributed by atoms with Gasteiger partial charge in [-0.2, -0.15) is 0 Å². The van der Waals surface area contributed by atoms with Crippen molar-refractivity contribution in [1.82, 2.24) is 28.5 Å². The summed E-state index contributed by atoms with van der Waals surface area (Å²) in [4.78, 5) is 15.2. The van der Waals surface area contributed by atoms with Crippen molar-refractivity contribution in [2.75, 3.05) is 0 Å². The molecule has 0 saturated heterocycles. The van der Waals surface area contributed by atoms with Gasteiger partial charge in [-0.1, -0.05) is 133 Å². The first-order valence-electron chi connectivity index (χ1n) is 21.4. The second-order valence-corrected chi connectivity index (χ2v) is 16.4. The van der Waals surface area contributed by atoms with Gasteiger partial charge in [0.1, 0.15) is 0 Å². The third-order valence-electron chi connectivity index (χ3n) is 13.0. The fraction of sp³-hybridized carbons (Fsp3) is 0. The van der Waals surface area contributed by atoms with Crippen LogP contribution in [0, 0.1) is 0 Å². The number of nitrogens with zero attached hydrogens (tertiary/aromatic N) is 6. The Balaban J connectivity index is 1.07. The molecule has 0 bridgehead atoms. The van der Waals surface area contributed by atoms with Gasteiger partial charge in [-0.05, 0) is 72.8 Å². The van der Waals surface area contributed by atoms with Crippen molar-refractivity contribution in [3.05, 3.63) is 206 Å². The molecule has 0 radical (unpaired) electrons. The number of benzene rings is 9. The highest BCUT2D eigenvalue weighted by Gasteiger charge is 2.23. The molecule has 0 unspecified atom stereocenters. The Morgan fingerprint density at radius 2 is 0.635 bits per heavy atom. The van der Waals surface area contributed by atoms with Gasteiger partial charge in [-0.3, -0.25) is 0 Å². The number of para-hydroxylation sites is 4. The fourth-order valence-electron chi connectivity index (χ4n) is 10.3. The first kappa shape index (κ1) is 34.1. The minimum Gasteiger partial charge on any atom is -0.309 e. The monoisotopic (exact) mass is 802 g/mol. The Kier molecular flexibility index (Phi) is 7.02. The van der Waals surface area contributed by atoms with E-state index < -0.39 is 0 Å². The molecule has 0 amide bonds. The average molecular weight is 803 g/mol. The van der Waals surface area contributed by atoms with Crippen molar-refractivity contribution >= 4 is 81.7 Å². The van der Waals surface area contributed by atoms with Gasteiger partial charge in [0, 0.05) is 71.2 Å². The summed E-state index contributed by atoms with van der Waals surface area (Å²) in [5, 5.41) is 9.72. The van der Waals surface area contributed by atoms with Gasteiger partial charge >= 0.3 is 0 Å². The van der Waals surface area contributed by atoms with Crippen molar-refractivity contribution in [2.45, 2.75) is 0 Å². The topological polar surface area (TPSA) is 52.9 Å². The van der Waals surface area contributed by atoms with Gasteiger partial charge < -0.3 is 13.5 Å². The van der Waals surface area contributed by atoms with Gasteiger partial charge in [0.15, 0.2) is 17.5 Å². The molecule has 292 valence electrons. The van der Waals surface area contributed by atoms with Crippen LogP contribution in [0.2, 0.25) is 0 Å². The summed E-state index contributed by atoms with van der Waals surface area (Å²) in [6.07, 6.45) is 0. The highest BCUT2D eigenvalue weighted by atomic mass is 15.0. The van der Waals surface area contributed by atoms with Gasteiger partial charge in [0.25, 0.3) is 0 Å². The van der Waals surface area contributed by atoms with Gasteiger partial charge in [0.2, 0.25) is 0 Å². The van der Waals surface area contributed by atoms with Crippen LogP contribution in [0.5, 0.6) is 0 Å². The van der Waals surface area contributed by atoms with Crippen LogP contribution in [0.3, 0.4) is 0 Å². The number of hydrogen-bond acceptors (Lipinski definition) is 3. The van der Waals surface area contributed by atoms with E-state index in [9.17, 15) is 0 Å². The molecule has 5 aromatic heterocycles. The molecular weight excluding hydrogens is 769 g/mol. The van der Waals surface area contributed by atoms with Crippen molar-refractivity contribution < 1.29 is 0 Å². The Morgan fingerprint density at radius 3 is 1.13 bits per heavy atom. The van der Waals surface area contributed by atoms with Crippen LogP contribution in [0.15, 0.2) is 206 Å². The summed E-state index contributed by atoms with van der Waals surface area (Å²) in [5.74, 6) is 1.93. The lowest BCUT2D eigenvalue weighted by Gasteiger charge is -2.11. The molecule has 14 aromatic rings. The first-order chi connectivity index (χ1) is 31.2. The number of aromatic nitrogens is 6. The minimum atomic E-state index is 0.637. The van der Waals surface area contributed by atoms with Crippen LogP contribution in [0.4, 0.5) is 0 Å². The van der Waals surface area contributed by atoms with Crippen LogP contribution in [-0.2, 0) is 0 Å². The van der Waals surface area contributed by atoms with E-state index in [-0.39, 0.29) is 0 Å². The van der Waals surface area contributed by atoms with Crippen molar-refractivity contribution in [1.29, 1.82) is 0 Å². The fourth-order valence-corrected chi connectivity index (χ4v) is 10.3. The Labute approximate surface area is 360 Å². The molecule has 9 aromatic carbocycles. The van der Waals surface area contributed by atoms with Crippen molar-refractivity contribution in [3.8, 4) is 45.5 Å². The summed E-state index contributed by atoms with van der Waals surface area (Å²) in [6.45, 7) is 0. The van der Waals surface area contributed by atoms with Gasteiger partial charge in [-0.25, -0.2) is 15.0 Å². The highest BCUT2D eigenvalue weighted by molar-refractivity contribution is 6.25. The van der Waals surface area contributed by atoms with Crippen LogP contribution < -0.4 is 0 Å². The molecule has 0 saturated carbocycles. The molecule has 14 rings (SSSR count). The van der Waals surface area contributed by atoms with E-state index >= 15 is 0 Å². The number of rotatable bonds is 5. The second-order valence-electron chi connectivity index (χ2n) is 16.4. The van der Waals surface area contributed by atoms with Crippen LogP contribution >= 0.6 is 0 Å². The lowest BCUT2D eigenvalue weighted by atomic mass is 10.0. The molecule has 0 spiro atoms. The lowest BCUT2D eigenvalue weighted by molar-refractivity contribution is 1.07. The summed E-state index contributed by atoms with van der Waals surface area (Å²) < 4.78 is 7.31. The van der Waals surface area contributed by atoms with Crippen LogP contribution in [0.25, 0.3) is 127 Å². The molecule has 0 N–H and O–H groups in total. The Bertz CT molecular complexity index is 3970. The van der Waals surface area contributed by atoms with Crippen LogP contribution in [0.1, 0.15) is 0 Å². The predicted molar refractivity (Wildman–Crippen MR) is 259 cm³/mol. The number of hydrogen-bond donors (Lipinski definition) is 0. The molecule has 0 atom stereocenters. The molecule has 0 fully saturated rings. The van der Waals surface area contributed by atoms with Crippen LogP contribution in [-0.4, -0.2) is 28.5 Å². The van der Waals surface area contributed by atoms with E-state index in [1.165, 1.54) is 70.8 Å². The third kappa shape index (κ3) is 4.91. The molecule has 0 aliphatic carbocycles. The lowest BCUT2D eigenvalue weighted by Crippen LogP contribution is -2.00. The smallest absolute Gasteiger partial charge is 0.164 e. The quantitative estimate of drug-likeness (QED) is 0.174.